The van der Waals surface area contributed by atoms with Crippen molar-refractivity contribution in [2.75, 3.05) is 0 Å². The maximum atomic E-state index is 15.0. The summed E-state index contributed by atoms with van der Waals surface area (Å²) in [5.74, 6) is 1.30. The standard InChI is InChI=1S/C28H19ClF6O/c1-2-3-4-17-5-6-19-14-21(8-7-18(19)13-17)28(34,35)36-22-9-10-23-20(15-22)16-25(29)24(26(23)30)11-12-27(31,32)33/h5-10,13-16H,2-4H2,1H3. The number of hydrogen-bond donors (Lipinski definition) is 0. The van der Waals surface area contributed by atoms with Crippen LogP contribution >= 0.6 is 11.6 Å². The van der Waals surface area contributed by atoms with Gasteiger partial charge in [-0.15, -0.1) is 0 Å². The van der Waals surface area contributed by atoms with Crippen LogP contribution in [-0.2, 0) is 12.5 Å². The van der Waals surface area contributed by atoms with E-state index < -0.39 is 23.7 Å². The van der Waals surface area contributed by atoms with Crippen LogP contribution in [0.25, 0.3) is 21.5 Å². The van der Waals surface area contributed by atoms with Gasteiger partial charge in [-0.05, 0) is 71.0 Å². The van der Waals surface area contributed by atoms with Gasteiger partial charge in [0.2, 0.25) is 0 Å². The number of benzene rings is 4. The smallest absolute Gasteiger partial charge is 0.429 e. The highest BCUT2D eigenvalue weighted by Crippen LogP contribution is 2.36. The summed E-state index contributed by atoms with van der Waals surface area (Å²) in [6, 6.07) is 14.4. The lowest BCUT2D eigenvalue weighted by Gasteiger charge is -2.19. The summed E-state index contributed by atoms with van der Waals surface area (Å²) in [5, 5.41) is 1.03. The van der Waals surface area contributed by atoms with E-state index in [-0.39, 0.29) is 27.1 Å². The van der Waals surface area contributed by atoms with Crippen molar-refractivity contribution in [1.29, 1.82) is 0 Å². The maximum absolute atomic E-state index is 15.0. The highest BCUT2D eigenvalue weighted by molar-refractivity contribution is 6.32. The second-order valence-corrected chi connectivity index (χ2v) is 8.70. The first kappa shape index (κ1) is 25.7. The van der Waals surface area contributed by atoms with Gasteiger partial charge in [0, 0.05) is 11.3 Å². The molecule has 0 aliphatic rings. The van der Waals surface area contributed by atoms with Crippen molar-refractivity contribution < 1.29 is 31.1 Å². The van der Waals surface area contributed by atoms with Crippen molar-refractivity contribution in [2.24, 2.45) is 0 Å². The lowest BCUT2D eigenvalue weighted by atomic mass is 10.0. The molecule has 0 bridgehead atoms. The van der Waals surface area contributed by atoms with Gasteiger partial charge in [0.05, 0.1) is 16.1 Å². The van der Waals surface area contributed by atoms with E-state index in [4.69, 9.17) is 16.3 Å². The van der Waals surface area contributed by atoms with Gasteiger partial charge in [-0.1, -0.05) is 55.1 Å². The van der Waals surface area contributed by atoms with Gasteiger partial charge in [0.1, 0.15) is 11.6 Å². The molecule has 0 aliphatic carbocycles. The predicted molar refractivity (Wildman–Crippen MR) is 129 cm³/mol. The van der Waals surface area contributed by atoms with E-state index in [1.807, 2.05) is 12.1 Å². The van der Waals surface area contributed by atoms with Crippen LogP contribution in [0, 0.1) is 17.7 Å². The van der Waals surface area contributed by atoms with Crippen molar-refractivity contribution >= 4 is 33.1 Å². The molecule has 0 N–H and O–H groups in total. The van der Waals surface area contributed by atoms with E-state index >= 15 is 8.78 Å². The summed E-state index contributed by atoms with van der Waals surface area (Å²) in [6.45, 7) is 2.10. The van der Waals surface area contributed by atoms with E-state index in [1.54, 1.807) is 18.1 Å². The number of halogens is 7. The minimum Gasteiger partial charge on any atom is -0.429 e. The largest absolute Gasteiger partial charge is 0.458 e. The molecule has 0 amide bonds. The Labute approximate surface area is 208 Å². The quantitative estimate of drug-likeness (QED) is 0.182. The summed E-state index contributed by atoms with van der Waals surface area (Å²) < 4.78 is 86.9. The molecule has 0 fully saturated rings. The molecule has 4 aromatic rings. The van der Waals surface area contributed by atoms with E-state index in [2.05, 4.69) is 6.92 Å². The van der Waals surface area contributed by atoms with Crippen LogP contribution in [0.4, 0.5) is 26.3 Å². The van der Waals surface area contributed by atoms with Gasteiger partial charge < -0.3 is 4.74 Å². The Balaban J connectivity index is 1.62. The first-order valence-electron chi connectivity index (χ1n) is 11.1. The number of aryl methyl sites for hydroxylation is 1. The molecule has 0 atom stereocenters. The third-order valence-electron chi connectivity index (χ3n) is 5.64. The SMILES string of the molecule is CCCCc1ccc2cc(C(F)(F)Oc3ccc4c(F)c(C#CC(F)(F)F)c(Cl)cc4c3)ccc2c1. The fraction of sp³-hybridized carbons (Fsp3) is 0.214. The van der Waals surface area contributed by atoms with Crippen LogP contribution in [0.3, 0.4) is 0 Å². The van der Waals surface area contributed by atoms with Crippen LogP contribution < -0.4 is 4.74 Å². The van der Waals surface area contributed by atoms with Crippen LogP contribution in [0.15, 0.2) is 60.7 Å². The summed E-state index contributed by atoms with van der Waals surface area (Å²) in [6.07, 6.45) is -5.52. The van der Waals surface area contributed by atoms with Gasteiger partial charge in [0.15, 0.2) is 0 Å². The molecule has 8 heteroatoms. The molecule has 186 valence electrons. The summed E-state index contributed by atoms with van der Waals surface area (Å²) in [5.41, 5.74) is 0.141. The molecular formula is C28H19ClF6O. The molecule has 0 aromatic heterocycles. The number of hydrogen-bond acceptors (Lipinski definition) is 1. The number of unbranched alkanes of at least 4 members (excludes halogenated alkanes) is 1. The molecule has 0 unspecified atom stereocenters. The highest BCUT2D eigenvalue weighted by Gasteiger charge is 2.35. The number of alkyl halides is 5. The Bertz CT molecular complexity index is 1500. The normalized spacial score (nSPS) is 12.0. The van der Waals surface area contributed by atoms with Gasteiger partial charge in [-0.25, -0.2) is 4.39 Å². The fourth-order valence-electron chi connectivity index (χ4n) is 3.84. The van der Waals surface area contributed by atoms with Crippen molar-refractivity contribution in [3.63, 3.8) is 0 Å². The molecule has 0 saturated carbocycles. The van der Waals surface area contributed by atoms with Crippen LogP contribution in [0.5, 0.6) is 5.75 Å². The van der Waals surface area contributed by atoms with E-state index in [9.17, 15) is 17.6 Å². The van der Waals surface area contributed by atoms with Crippen LogP contribution in [-0.4, -0.2) is 6.18 Å². The van der Waals surface area contributed by atoms with Gasteiger partial charge in [0.25, 0.3) is 0 Å². The molecule has 0 spiro atoms. The van der Waals surface area contributed by atoms with Crippen molar-refractivity contribution in [2.45, 2.75) is 38.5 Å². The molecule has 0 saturated heterocycles. The summed E-state index contributed by atoms with van der Waals surface area (Å²) >= 11 is 5.91. The van der Waals surface area contributed by atoms with Gasteiger partial charge in [-0.3, -0.25) is 0 Å². The monoisotopic (exact) mass is 520 g/mol. The Morgan fingerprint density at radius 2 is 1.58 bits per heavy atom. The lowest BCUT2D eigenvalue weighted by molar-refractivity contribution is -0.185. The third kappa shape index (κ3) is 5.71. The zero-order valence-corrected chi connectivity index (χ0v) is 19.7. The second kappa shape index (κ2) is 9.94. The fourth-order valence-corrected chi connectivity index (χ4v) is 4.09. The molecule has 0 heterocycles. The molecule has 4 rings (SSSR count). The van der Waals surface area contributed by atoms with Crippen molar-refractivity contribution in [3.05, 3.63) is 88.2 Å². The second-order valence-electron chi connectivity index (χ2n) is 8.30. The van der Waals surface area contributed by atoms with E-state index in [0.717, 1.165) is 60.4 Å². The molecule has 0 radical (unpaired) electrons. The van der Waals surface area contributed by atoms with Gasteiger partial charge >= 0.3 is 12.3 Å². The Hall–Kier alpha value is -3.37. The first-order valence-corrected chi connectivity index (χ1v) is 11.5. The first-order chi connectivity index (χ1) is 17.0. The number of rotatable bonds is 6. The average molecular weight is 521 g/mol. The average Bonchev–Trinajstić information content (AvgIpc) is 2.81. The Morgan fingerprint density at radius 3 is 2.31 bits per heavy atom. The predicted octanol–water partition coefficient (Wildman–Crippen LogP) is 9.17. The molecule has 1 nitrogen and oxygen atoms in total. The zero-order chi connectivity index (χ0) is 26.1. The number of ether oxygens (including phenoxy) is 1. The van der Waals surface area contributed by atoms with E-state index in [1.165, 1.54) is 12.1 Å². The highest BCUT2D eigenvalue weighted by atomic mass is 35.5. The summed E-state index contributed by atoms with van der Waals surface area (Å²) in [7, 11) is 0. The summed E-state index contributed by atoms with van der Waals surface area (Å²) in [4.78, 5) is 0. The molecule has 4 aromatic carbocycles. The molecular weight excluding hydrogens is 502 g/mol. The molecule has 36 heavy (non-hydrogen) atoms. The Kier molecular flexibility index (Phi) is 7.10. The Morgan fingerprint density at radius 1 is 0.861 bits per heavy atom. The third-order valence-corrected chi connectivity index (χ3v) is 5.93. The maximum Gasteiger partial charge on any atom is 0.458 e. The minimum atomic E-state index is -4.83. The molecule has 0 aliphatic heterocycles. The van der Waals surface area contributed by atoms with Crippen molar-refractivity contribution in [1.82, 2.24) is 0 Å². The van der Waals surface area contributed by atoms with Crippen LogP contribution in [0.1, 0.15) is 36.5 Å². The van der Waals surface area contributed by atoms with Gasteiger partial charge in [-0.2, -0.15) is 22.0 Å². The van der Waals surface area contributed by atoms with E-state index in [0.29, 0.717) is 5.39 Å². The lowest BCUT2D eigenvalue weighted by Crippen LogP contribution is -2.21. The topological polar surface area (TPSA) is 9.23 Å². The van der Waals surface area contributed by atoms with Crippen LogP contribution in [0.2, 0.25) is 5.02 Å². The number of fused-ring (bicyclic) bond motifs is 2. The zero-order valence-electron chi connectivity index (χ0n) is 18.9. The van der Waals surface area contributed by atoms with Crippen molar-refractivity contribution in [3.8, 4) is 17.6 Å². The minimum absolute atomic E-state index is 0.0708.